The zero-order valence-electron chi connectivity index (χ0n) is 15.5. The molecule has 8 nitrogen and oxygen atoms in total. The van der Waals surface area contributed by atoms with E-state index in [0.717, 1.165) is 19.3 Å². The molecule has 4 N–H and O–H groups in total. The van der Waals surface area contributed by atoms with Crippen LogP contribution in [0.5, 0.6) is 5.88 Å². The average Bonchev–Trinajstić information content (AvgIpc) is 3.43. The second kappa shape index (κ2) is 8.67. The van der Waals surface area contributed by atoms with Crippen LogP contribution in [-0.4, -0.2) is 47.3 Å². The molecule has 1 saturated carbocycles. The second-order valence-corrected chi connectivity index (χ2v) is 7.29. The number of primary amides is 1. The summed E-state index contributed by atoms with van der Waals surface area (Å²) in [4.78, 5) is 28.5. The van der Waals surface area contributed by atoms with Gasteiger partial charge in [-0.15, -0.1) is 0 Å². The van der Waals surface area contributed by atoms with Crippen LogP contribution in [0, 0.1) is 5.92 Å². The van der Waals surface area contributed by atoms with Crippen LogP contribution in [-0.2, 0) is 9.53 Å². The number of nitrogens with zero attached hydrogens (tertiary/aromatic N) is 1. The summed E-state index contributed by atoms with van der Waals surface area (Å²) in [6, 6.07) is 3.04. The van der Waals surface area contributed by atoms with Crippen molar-refractivity contribution < 1.29 is 24.2 Å². The lowest BCUT2D eigenvalue weighted by molar-refractivity contribution is -0.165. The van der Waals surface area contributed by atoms with Crippen LogP contribution < -0.4 is 15.8 Å². The molecule has 1 aromatic rings. The Balaban J connectivity index is 1.78. The third-order valence-corrected chi connectivity index (χ3v) is 4.80. The van der Waals surface area contributed by atoms with Gasteiger partial charge in [-0.2, -0.15) is 0 Å². The van der Waals surface area contributed by atoms with Crippen molar-refractivity contribution in [1.29, 1.82) is 0 Å². The maximum absolute atomic E-state index is 12.9. The highest BCUT2D eigenvalue weighted by molar-refractivity contribution is 5.94. The van der Waals surface area contributed by atoms with Crippen LogP contribution in [0.2, 0.25) is 0 Å². The van der Waals surface area contributed by atoms with E-state index in [1.807, 2.05) is 6.92 Å². The lowest BCUT2D eigenvalue weighted by Crippen LogP contribution is -2.41. The number of carbonyl (C=O) groups is 2. The number of aliphatic hydroxyl groups excluding tert-OH is 1. The van der Waals surface area contributed by atoms with Crippen LogP contribution in [0.4, 0.5) is 0 Å². The molecule has 2 amide bonds. The monoisotopic (exact) mass is 377 g/mol. The summed E-state index contributed by atoms with van der Waals surface area (Å²) in [5.74, 6) is 0.0297. The number of nitrogens with one attached hydrogen (secondary N) is 1. The molecule has 148 valence electrons. The fraction of sp³-hybridized carbons (Fsp3) is 0.632. The molecule has 1 aromatic heterocycles. The van der Waals surface area contributed by atoms with E-state index in [1.165, 1.54) is 0 Å². The Kier molecular flexibility index (Phi) is 6.28. The first-order valence-electron chi connectivity index (χ1n) is 9.50. The van der Waals surface area contributed by atoms with Crippen molar-refractivity contribution in [2.75, 3.05) is 13.2 Å². The molecule has 1 saturated heterocycles. The van der Waals surface area contributed by atoms with E-state index in [2.05, 4.69) is 10.3 Å². The molecule has 0 radical (unpaired) electrons. The number of amides is 2. The van der Waals surface area contributed by atoms with Gasteiger partial charge in [-0.3, -0.25) is 9.59 Å². The Morgan fingerprint density at radius 2 is 2.22 bits per heavy atom. The largest absolute Gasteiger partial charge is 0.477 e. The summed E-state index contributed by atoms with van der Waals surface area (Å²) in [6.45, 7) is 2.77. The van der Waals surface area contributed by atoms with Crippen molar-refractivity contribution in [2.24, 2.45) is 11.7 Å². The summed E-state index contributed by atoms with van der Waals surface area (Å²) in [7, 11) is 0. The summed E-state index contributed by atoms with van der Waals surface area (Å²) in [6.07, 6.45) is 2.54. The van der Waals surface area contributed by atoms with E-state index in [1.54, 1.807) is 12.1 Å². The molecule has 0 aromatic carbocycles. The number of rotatable bonds is 10. The Labute approximate surface area is 158 Å². The van der Waals surface area contributed by atoms with Gasteiger partial charge in [0.25, 0.3) is 5.91 Å². The predicted molar refractivity (Wildman–Crippen MR) is 97.1 cm³/mol. The Hall–Kier alpha value is -2.19. The van der Waals surface area contributed by atoms with Gasteiger partial charge in [-0.1, -0.05) is 13.3 Å². The average molecular weight is 377 g/mol. The molecule has 1 aliphatic heterocycles. The van der Waals surface area contributed by atoms with E-state index in [9.17, 15) is 14.7 Å². The van der Waals surface area contributed by atoms with E-state index in [4.69, 9.17) is 15.2 Å². The molecular formula is C19H27N3O5. The zero-order chi connectivity index (χ0) is 19.4. The van der Waals surface area contributed by atoms with Crippen LogP contribution in [0.3, 0.4) is 0 Å². The molecule has 0 bridgehead atoms. The first kappa shape index (κ1) is 19.6. The van der Waals surface area contributed by atoms with Gasteiger partial charge in [-0.05, 0) is 31.2 Å². The molecule has 0 spiro atoms. The number of pyridine rings is 1. The number of carbonyl (C=O) groups excluding carboxylic acids is 2. The van der Waals surface area contributed by atoms with Crippen molar-refractivity contribution in [3.63, 3.8) is 0 Å². The fourth-order valence-electron chi connectivity index (χ4n) is 3.08. The van der Waals surface area contributed by atoms with Crippen molar-refractivity contribution >= 4 is 11.8 Å². The third-order valence-electron chi connectivity index (χ3n) is 4.80. The van der Waals surface area contributed by atoms with Crippen LogP contribution >= 0.6 is 0 Å². The quantitative estimate of drug-likeness (QED) is 0.560. The maximum atomic E-state index is 12.9. The van der Waals surface area contributed by atoms with Gasteiger partial charge in [0.15, 0.2) is 0 Å². The first-order chi connectivity index (χ1) is 13.0. The van der Waals surface area contributed by atoms with Gasteiger partial charge in [0.1, 0.15) is 17.9 Å². The lowest BCUT2D eigenvalue weighted by atomic mass is 9.98. The normalized spacial score (nSPS) is 22.6. The highest BCUT2D eigenvalue weighted by atomic mass is 16.5. The second-order valence-electron chi connectivity index (χ2n) is 7.29. The van der Waals surface area contributed by atoms with Crippen LogP contribution in [0.15, 0.2) is 12.1 Å². The molecule has 3 rings (SSSR count). The fourth-order valence-corrected chi connectivity index (χ4v) is 3.08. The minimum absolute atomic E-state index is 0.0648. The highest BCUT2D eigenvalue weighted by Crippen LogP contribution is 2.33. The molecule has 2 aliphatic rings. The number of nitrogens with two attached hydrogens (primary N) is 1. The maximum Gasteiger partial charge on any atom is 0.270 e. The Morgan fingerprint density at radius 3 is 2.78 bits per heavy atom. The summed E-state index contributed by atoms with van der Waals surface area (Å²) in [5.41, 5.74) is 5.95. The third kappa shape index (κ3) is 5.17. The van der Waals surface area contributed by atoms with Crippen molar-refractivity contribution in [1.82, 2.24) is 10.3 Å². The number of aliphatic hydroxyl groups is 1. The van der Waals surface area contributed by atoms with Crippen molar-refractivity contribution in [3.05, 3.63) is 23.4 Å². The van der Waals surface area contributed by atoms with E-state index in [0.29, 0.717) is 30.4 Å². The topological polar surface area (TPSA) is 124 Å². The standard InChI is InChI=1S/C19H27N3O5/c1-2-3-12(8-15(20)24)21-19(25)17-13(18-14(23)10-27-18)6-7-16(22-17)26-9-11-4-5-11/h6-7,11-12,14,18,23H,2-5,8-10H2,1H3,(H2,20,24)(H,21,25)/t12-,14?,18?/m0/s1. The molecule has 2 fully saturated rings. The summed E-state index contributed by atoms with van der Waals surface area (Å²) < 4.78 is 11.1. The van der Waals surface area contributed by atoms with E-state index >= 15 is 0 Å². The van der Waals surface area contributed by atoms with Crippen molar-refractivity contribution in [3.8, 4) is 5.88 Å². The van der Waals surface area contributed by atoms with Gasteiger partial charge < -0.3 is 25.6 Å². The van der Waals surface area contributed by atoms with Gasteiger partial charge in [0.2, 0.25) is 11.8 Å². The number of ether oxygens (including phenoxy) is 2. The number of hydrogen-bond acceptors (Lipinski definition) is 6. The first-order valence-corrected chi connectivity index (χ1v) is 9.50. The van der Waals surface area contributed by atoms with Crippen molar-refractivity contribution in [2.45, 2.75) is 57.3 Å². The smallest absolute Gasteiger partial charge is 0.270 e. The molecule has 27 heavy (non-hydrogen) atoms. The SMILES string of the molecule is CCC[C@@H](CC(N)=O)NC(=O)c1nc(OCC2CC2)ccc1C1OCC1O. The summed E-state index contributed by atoms with van der Waals surface area (Å²) in [5, 5.41) is 12.8. The molecule has 2 heterocycles. The molecular weight excluding hydrogens is 350 g/mol. The zero-order valence-corrected chi connectivity index (χ0v) is 15.5. The van der Waals surface area contributed by atoms with Crippen LogP contribution in [0.25, 0.3) is 0 Å². The number of hydrogen-bond donors (Lipinski definition) is 3. The summed E-state index contributed by atoms with van der Waals surface area (Å²) >= 11 is 0. The predicted octanol–water partition coefficient (Wildman–Crippen LogP) is 1.08. The minimum Gasteiger partial charge on any atom is -0.477 e. The lowest BCUT2D eigenvalue weighted by Gasteiger charge is -2.34. The highest BCUT2D eigenvalue weighted by Gasteiger charge is 2.36. The van der Waals surface area contributed by atoms with Gasteiger partial charge in [0, 0.05) is 24.1 Å². The van der Waals surface area contributed by atoms with Crippen LogP contribution in [0.1, 0.15) is 61.2 Å². The molecule has 8 heteroatoms. The Bertz CT molecular complexity index is 692. The van der Waals surface area contributed by atoms with E-state index in [-0.39, 0.29) is 24.8 Å². The number of aromatic nitrogens is 1. The molecule has 3 atom stereocenters. The van der Waals surface area contributed by atoms with Gasteiger partial charge in [-0.25, -0.2) is 4.98 Å². The van der Waals surface area contributed by atoms with Gasteiger partial charge >= 0.3 is 0 Å². The molecule has 2 unspecified atom stereocenters. The molecule has 1 aliphatic carbocycles. The van der Waals surface area contributed by atoms with E-state index < -0.39 is 24.0 Å². The Morgan fingerprint density at radius 1 is 1.44 bits per heavy atom. The minimum atomic E-state index is -0.673. The van der Waals surface area contributed by atoms with Gasteiger partial charge in [0.05, 0.1) is 13.2 Å².